The maximum Gasteiger partial charge on any atom is -0.0190 e. The van der Waals surface area contributed by atoms with Gasteiger partial charge < -0.3 is 0 Å². The molecule has 0 heteroatoms. The van der Waals surface area contributed by atoms with Crippen molar-refractivity contribution in [1.29, 1.82) is 0 Å². The molecule has 0 nitrogen and oxygen atoms in total. The van der Waals surface area contributed by atoms with Crippen LogP contribution in [0.1, 0.15) is 5.56 Å². The molecule has 1 aromatic rings. The molecule has 0 radical (unpaired) electrons. The molecule has 68 valence electrons. The van der Waals surface area contributed by atoms with Crippen molar-refractivity contribution in [2.24, 2.45) is 0 Å². The lowest BCUT2D eigenvalue weighted by atomic mass is 10.1. The second-order valence-electron chi connectivity index (χ2n) is 3.25. The zero-order chi connectivity index (χ0) is 9.80. The smallest absolute Gasteiger partial charge is 0.0190 e. The highest BCUT2D eigenvalue weighted by Gasteiger charge is 1.98. The van der Waals surface area contributed by atoms with E-state index in [1.54, 1.807) is 0 Å². The highest BCUT2D eigenvalue weighted by molar-refractivity contribution is 5.60. The van der Waals surface area contributed by atoms with Crippen molar-refractivity contribution < 1.29 is 0 Å². The van der Waals surface area contributed by atoms with Crippen molar-refractivity contribution in [2.75, 3.05) is 0 Å². The normalized spacial score (nSPS) is 15.1. The maximum atomic E-state index is 3.94. The van der Waals surface area contributed by atoms with Gasteiger partial charge >= 0.3 is 0 Å². The first kappa shape index (κ1) is 8.76. The van der Waals surface area contributed by atoms with Gasteiger partial charge in [-0.15, -0.1) is 0 Å². The summed E-state index contributed by atoms with van der Waals surface area (Å²) in [6.07, 6.45) is 10.3. The summed E-state index contributed by atoms with van der Waals surface area (Å²) in [4.78, 5) is 0. The zero-order valence-corrected chi connectivity index (χ0v) is 7.98. The van der Waals surface area contributed by atoms with Gasteiger partial charge in [0.1, 0.15) is 0 Å². The van der Waals surface area contributed by atoms with Crippen LogP contribution in [0, 0.1) is 0 Å². The van der Waals surface area contributed by atoms with Crippen molar-refractivity contribution in [1.82, 2.24) is 0 Å². The molecule has 0 saturated carbocycles. The minimum Gasteiger partial charge on any atom is -0.0912 e. The van der Waals surface area contributed by atoms with E-state index in [0.717, 1.165) is 5.57 Å². The molecule has 0 unspecified atom stereocenters. The fourth-order valence-electron chi connectivity index (χ4n) is 1.38. The lowest BCUT2D eigenvalue weighted by molar-refractivity contribution is 1.62. The molecule has 2 rings (SSSR count). The molecule has 0 bridgehead atoms. The molecular formula is C14H12. The van der Waals surface area contributed by atoms with E-state index >= 15 is 0 Å². The Bertz CT molecular complexity index is 417. The van der Waals surface area contributed by atoms with Crippen molar-refractivity contribution in [2.45, 2.75) is 0 Å². The van der Waals surface area contributed by atoms with Crippen LogP contribution in [0.2, 0.25) is 0 Å². The minimum absolute atomic E-state index is 1.08. The fourth-order valence-corrected chi connectivity index (χ4v) is 1.38. The minimum atomic E-state index is 1.08. The van der Waals surface area contributed by atoms with Gasteiger partial charge in [0.15, 0.2) is 0 Å². The van der Waals surface area contributed by atoms with Gasteiger partial charge in [0, 0.05) is 0 Å². The fraction of sp³-hybridized carbons (Fsp3) is 0. The second kappa shape index (κ2) is 3.93. The number of benzene rings is 1. The van der Waals surface area contributed by atoms with Crippen LogP contribution < -0.4 is 0 Å². The zero-order valence-electron chi connectivity index (χ0n) is 7.98. The van der Waals surface area contributed by atoms with E-state index in [2.05, 4.69) is 36.9 Å². The Morgan fingerprint density at radius 1 is 1.00 bits per heavy atom. The summed E-state index contributed by atoms with van der Waals surface area (Å²) >= 11 is 0. The van der Waals surface area contributed by atoms with Gasteiger partial charge in [-0.2, -0.15) is 0 Å². The summed E-state index contributed by atoms with van der Waals surface area (Å²) in [6, 6.07) is 10.3. The third-order valence-corrected chi connectivity index (χ3v) is 2.20. The van der Waals surface area contributed by atoms with Gasteiger partial charge in [-0.25, -0.2) is 0 Å². The van der Waals surface area contributed by atoms with Crippen LogP contribution in [-0.4, -0.2) is 0 Å². The average Bonchev–Trinajstić information content (AvgIpc) is 2.63. The molecule has 0 saturated heterocycles. The number of allylic oxidation sites excluding steroid dienone is 6. The summed E-state index contributed by atoms with van der Waals surface area (Å²) in [5.41, 5.74) is 3.49. The molecule has 0 atom stereocenters. The number of rotatable bonds is 2. The van der Waals surface area contributed by atoms with Crippen molar-refractivity contribution in [3.05, 3.63) is 77.9 Å². The molecule has 0 spiro atoms. The standard InChI is InChI=1S/C14H12/c1-12-6-5-9-14(12)11-10-13-7-3-2-4-8-13/h2-11H,1H2. The van der Waals surface area contributed by atoms with Crippen LogP contribution in [0.3, 0.4) is 0 Å². The van der Waals surface area contributed by atoms with Crippen LogP contribution in [0.25, 0.3) is 6.08 Å². The number of hydrogen-bond donors (Lipinski definition) is 0. The van der Waals surface area contributed by atoms with E-state index in [0.29, 0.717) is 0 Å². The molecule has 0 amide bonds. The van der Waals surface area contributed by atoms with E-state index in [9.17, 15) is 0 Å². The van der Waals surface area contributed by atoms with E-state index in [-0.39, 0.29) is 0 Å². The SMILES string of the molecule is C=C1C=CC=C1C=Cc1ccccc1. The Morgan fingerprint density at radius 2 is 1.79 bits per heavy atom. The van der Waals surface area contributed by atoms with Gasteiger partial charge in [-0.3, -0.25) is 0 Å². The average molecular weight is 180 g/mol. The number of hydrogen-bond acceptors (Lipinski definition) is 0. The molecule has 0 fully saturated rings. The second-order valence-corrected chi connectivity index (χ2v) is 3.25. The molecule has 0 aromatic heterocycles. The van der Waals surface area contributed by atoms with E-state index in [1.165, 1.54) is 11.1 Å². The largest absolute Gasteiger partial charge is 0.0912 e. The van der Waals surface area contributed by atoms with Crippen LogP contribution in [0.5, 0.6) is 0 Å². The van der Waals surface area contributed by atoms with Gasteiger partial charge in [0.25, 0.3) is 0 Å². The predicted molar refractivity (Wildman–Crippen MR) is 61.8 cm³/mol. The van der Waals surface area contributed by atoms with Crippen molar-refractivity contribution >= 4 is 6.08 Å². The third kappa shape index (κ3) is 1.91. The first-order valence-electron chi connectivity index (χ1n) is 4.67. The van der Waals surface area contributed by atoms with Crippen LogP contribution >= 0.6 is 0 Å². The highest BCUT2D eigenvalue weighted by Crippen LogP contribution is 2.18. The maximum absolute atomic E-state index is 3.94. The molecule has 1 aliphatic rings. The molecule has 0 N–H and O–H groups in total. The molecule has 1 aromatic carbocycles. The Labute approximate surface area is 84.6 Å². The Morgan fingerprint density at radius 3 is 2.43 bits per heavy atom. The lowest BCUT2D eigenvalue weighted by Crippen LogP contribution is -1.75. The van der Waals surface area contributed by atoms with E-state index in [1.807, 2.05) is 30.4 Å². The molecule has 14 heavy (non-hydrogen) atoms. The van der Waals surface area contributed by atoms with Crippen LogP contribution in [-0.2, 0) is 0 Å². The first-order chi connectivity index (χ1) is 6.86. The van der Waals surface area contributed by atoms with Crippen LogP contribution in [0.4, 0.5) is 0 Å². The monoisotopic (exact) mass is 180 g/mol. The quantitative estimate of drug-likeness (QED) is 0.650. The van der Waals surface area contributed by atoms with E-state index in [4.69, 9.17) is 0 Å². The summed E-state index contributed by atoms with van der Waals surface area (Å²) in [7, 11) is 0. The summed E-state index contributed by atoms with van der Waals surface area (Å²) in [6.45, 7) is 3.94. The Kier molecular flexibility index (Phi) is 2.46. The molecule has 1 aliphatic carbocycles. The molecule has 0 heterocycles. The van der Waals surface area contributed by atoms with Crippen molar-refractivity contribution in [3.8, 4) is 0 Å². The highest BCUT2D eigenvalue weighted by atomic mass is 14.0. The van der Waals surface area contributed by atoms with Gasteiger partial charge in [-0.05, 0) is 16.7 Å². The Hall–Kier alpha value is -1.82. The van der Waals surface area contributed by atoms with Gasteiger partial charge in [-0.1, -0.05) is 67.3 Å². The molecule has 0 aliphatic heterocycles. The van der Waals surface area contributed by atoms with Gasteiger partial charge in [0.2, 0.25) is 0 Å². The van der Waals surface area contributed by atoms with Gasteiger partial charge in [0.05, 0.1) is 0 Å². The summed E-state index contributed by atoms with van der Waals surface area (Å²) in [5, 5.41) is 0. The first-order valence-corrected chi connectivity index (χ1v) is 4.67. The Balaban J connectivity index is 2.13. The molecular weight excluding hydrogens is 168 g/mol. The third-order valence-electron chi connectivity index (χ3n) is 2.20. The van der Waals surface area contributed by atoms with Crippen LogP contribution in [0.15, 0.2) is 72.4 Å². The van der Waals surface area contributed by atoms with Crippen molar-refractivity contribution in [3.63, 3.8) is 0 Å². The topological polar surface area (TPSA) is 0 Å². The van der Waals surface area contributed by atoms with E-state index < -0.39 is 0 Å². The summed E-state index contributed by atoms with van der Waals surface area (Å²) < 4.78 is 0. The summed E-state index contributed by atoms with van der Waals surface area (Å²) in [5.74, 6) is 0. The predicted octanol–water partition coefficient (Wildman–Crippen LogP) is 3.75. The lowest BCUT2D eigenvalue weighted by Gasteiger charge is -1.95.